The minimum atomic E-state index is -3.25. The highest BCUT2D eigenvalue weighted by molar-refractivity contribution is 7.91. The van der Waals surface area contributed by atoms with Gasteiger partial charge in [-0.2, -0.15) is 4.99 Å². The second-order valence-corrected chi connectivity index (χ2v) is 9.27. The first kappa shape index (κ1) is 19.5. The Hall–Kier alpha value is -1.80. The van der Waals surface area contributed by atoms with Crippen molar-refractivity contribution in [2.75, 3.05) is 11.5 Å². The average Bonchev–Trinajstić information content (AvgIpc) is 2.93. The van der Waals surface area contributed by atoms with Gasteiger partial charge in [0.05, 0.1) is 18.1 Å². The maximum absolute atomic E-state index is 13.8. The molecule has 0 unspecified atom stereocenters. The first-order valence-electron chi connectivity index (χ1n) is 7.92. The van der Waals surface area contributed by atoms with Crippen molar-refractivity contribution in [2.45, 2.75) is 26.8 Å². The molecule has 25 heavy (non-hydrogen) atoms. The number of sulfone groups is 1. The summed E-state index contributed by atoms with van der Waals surface area (Å²) in [6, 6.07) is 6.41. The highest BCUT2D eigenvalue weighted by atomic mass is 32.2. The van der Waals surface area contributed by atoms with Crippen molar-refractivity contribution in [1.82, 2.24) is 4.57 Å². The first-order chi connectivity index (χ1) is 11.8. The van der Waals surface area contributed by atoms with Gasteiger partial charge in [0.25, 0.3) is 0 Å². The number of thiazole rings is 1. The van der Waals surface area contributed by atoms with Crippen molar-refractivity contribution in [2.24, 2.45) is 10.9 Å². The minimum Gasteiger partial charge on any atom is -0.319 e. The molecule has 0 radical (unpaired) electrons. The first-order valence-corrected chi connectivity index (χ1v) is 10.6. The standard InChI is InChI=1S/C17H21FN2O3S2/c1-13(2)12-25(22,23)10-7-16(21)19-17-20(8-9-24-17)11-14-5-3-4-6-15(14)18/h3-6,8-9,13H,7,10-12H2,1-2H3. The zero-order valence-electron chi connectivity index (χ0n) is 14.2. The number of amides is 1. The summed E-state index contributed by atoms with van der Waals surface area (Å²) < 4.78 is 39.1. The highest BCUT2D eigenvalue weighted by Crippen LogP contribution is 2.08. The fraction of sp³-hybridized carbons (Fsp3) is 0.412. The summed E-state index contributed by atoms with van der Waals surface area (Å²) in [4.78, 5) is 16.4. The number of rotatable bonds is 7. The van der Waals surface area contributed by atoms with Crippen LogP contribution < -0.4 is 4.80 Å². The maximum Gasteiger partial charge on any atom is 0.249 e. The summed E-state index contributed by atoms with van der Waals surface area (Å²) in [5.74, 6) is -0.925. The molecule has 2 aromatic rings. The van der Waals surface area contributed by atoms with Gasteiger partial charge < -0.3 is 4.57 Å². The van der Waals surface area contributed by atoms with E-state index in [9.17, 15) is 17.6 Å². The quantitative estimate of drug-likeness (QED) is 0.737. The van der Waals surface area contributed by atoms with Gasteiger partial charge in [0.2, 0.25) is 5.91 Å². The maximum atomic E-state index is 13.8. The van der Waals surface area contributed by atoms with Crippen molar-refractivity contribution < 1.29 is 17.6 Å². The molecular formula is C17H21FN2O3S2. The number of hydrogen-bond donors (Lipinski definition) is 0. The summed E-state index contributed by atoms with van der Waals surface area (Å²) in [6.45, 7) is 3.90. The molecule has 0 spiro atoms. The molecule has 0 aliphatic carbocycles. The van der Waals surface area contributed by atoms with Gasteiger partial charge >= 0.3 is 0 Å². The summed E-state index contributed by atoms with van der Waals surface area (Å²) >= 11 is 1.25. The van der Waals surface area contributed by atoms with Crippen LogP contribution in [0.25, 0.3) is 0 Å². The molecule has 1 amide bonds. The minimum absolute atomic E-state index is 0.0252. The Labute approximate surface area is 150 Å². The van der Waals surface area contributed by atoms with Crippen molar-refractivity contribution in [1.29, 1.82) is 0 Å². The number of halogens is 1. The van der Waals surface area contributed by atoms with Gasteiger partial charge in [-0.25, -0.2) is 12.8 Å². The normalized spacial score (nSPS) is 12.7. The van der Waals surface area contributed by atoms with E-state index in [1.165, 1.54) is 17.4 Å². The molecule has 0 aliphatic rings. The van der Waals surface area contributed by atoms with E-state index in [0.29, 0.717) is 10.4 Å². The van der Waals surface area contributed by atoms with Gasteiger partial charge in [-0.15, -0.1) is 11.3 Å². The molecule has 5 nitrogen and oxygen atoms in total. The van der Waals surface area contributed by atoms with Crippen molar-refractivity contribution in [3.8, 4) is 0 Å². The van der Waals surface area contributed by atoms with Crippen LogP contribution in [0.4, 0.5) is 4.39 Å². The van der Waals surface area contributed by atoms with E-state index in [1.54, 1.807) is 34.3 Å². The second kappa shape index (κ2) is 8.53. The third-order valence-electron chi connectivity index (χ3n) is 3.39. The molecule has 1 aromatic heterocycles. The zero-order chi connectivity index (χ0) is 18.4. The number of aromatic nitrogens is 1. The topological polar surface area (TPSA) is 68.5 Å². The Kier molecular flexibility index (Phi) is 6.66. The Balaban J connectivity index is 2.08. The van der Waals surface area contributed by atoms with Crippen LogP contribution in [-0.2, 0) is 21.2 Å². The fourth-order valence-corrected chi connectivity index (χ4v) is 4.73. The third-order valence-corrected chi connectivity index (χ3v) is 6.19. The largest absolute Gasteiger partial charge is 0.319 e. The number of carbonyl (C=O) groups excluding carboxylic acids is 1. The van der Waals surface area contributed by atoms with E-state index >= 15 is 0 Å². The molecule has 0 saturated carbocycles. The molecule has 0 bridgehead atoms. The lowest BCUT2D eigenvalue weighted by atomic mass is 10.2. The SMILES string of the molecule is CC(C)CS(=O)(=O)CCC(=O)N=c1sccn1Cc1ccccc1F. The molecule has 0 fully saturated rings. The van der Waals surface area contributed by atoms with E-state index in [0.717, 1.165) is 0 Å². The van der Waals surface area contributed by atoms with Crippen molar-refractivity contribution >= 4 is 27.1 Å². The van der Waals surface area contributed by atoms with E-state index in [1.807, 2.05) is 13.8 Å². The Morgan fingerprint density at radius 1 is 1.32 bits per heavy atom. The second-order valence-electron chi connectivity index (χ2n) is 6.17. The molecular weight excluding hydrogens is 363 g/mol. The van der Waals surface area contributed by atoms with Crippen LogP contribution in [0.15, 0.2) is 40.8 Å². The Morgan fingerprint density at radius 3 is 2.72 bits per heavy atom. The molecule has 2 rings (SSSR count). The van der Waals surface area contributed by atoms with Crippen LogP contribution in [0.2, 0.25) is 0 Å². The van der Waals surface area contributed by atoms with E-state index in [2.05, 4.69) is 4.99 Å². The van der Waals surface area contributed by atoms with Gasteiger partial charge in [0.15, 0.2) is 14.6 Å². The monoisotopic (exact) mass is 384 g/mol. The van der Waals surface area contributed by atoms with Crippen LogP contribution in [0.5, 0.6) is 0 Å². The molecule has 1 aromatic carbocycles. The van der Waals surface area contributed by atoms with Crippen LogP contribution in [0.1, 0.15) is 25.8 Å². The van der Waals surface area contributed by atoms with E-state index in [4.69, 9.17) is 0 Å². The molecule has 1 heterocycles. The van der Waals surface area contributed by atoms with Gasteiger partial charge in [0.1, 0.15) is 5.82 Å². The van der Waals surface area contributed by atoms with Crippen molar-refractivity contribution in [3.05, 3.63) is 52.0 Å². The van der Waals surface area contributed by atoms with E-state index in [-0.39, 0.29) is 36.2 Å². The summed E-state index contributed by atoms with van der Waals surface area (Å²) in [7, 11) is -3.25. The summed E-state index contributed by atoms with van der Waals surface area (Å²) in [5.41, 5.74) is 0.495. The zero-order valence-corrected chi connectivity index (χ0v) is 15.8. The molecule has 0 N–H and O–H groups in total. The van der Waals surface area contributed by atoms with Gasteiger partial charge in [-0.05, 0) is 12.0 Å². The summed E-state index contributed by atoms with van der Waals surface area (Å²) in [5, 5.41) is 1.75. The summed E-state index contributed by atoms with van der Waals surface area (Å²) in [6.07, 6.45) is 1.57. The van der Waals surface area contributed by atoms with Crippen LogP contribution in [0, 0.1) is 11.7 Å². The molecule has 0 aliphatic heterocycles. The van der Waals surface area contributed by atoms with Crippen LogP contribution >= 0.6 is 11.3 Å². The predicted octanol–water partition coefficient (Wildman–Crippen LogP) is 2.63. The fourth-order valence-electron chi connectivity index (χ4n) is 2.31. The molecule has 0 atom stereocenters. The van der Waals surface area contributed by atoms with Crippen LogP contribution in [0.3, 0.4) is 0 Å². The third kappa shape index (κ3) is 6.21. The number of carbonyl (C=O) groups is 1. The van der Waals surface area contributed by atoms with Gasteiger partial charge in [-0.1, -0.05) is 32.0 Å². The smallest absolute Gasteiger partial charge is 0.249 e. The van der Waals surface area contributed by atoms with Crippen LogP contribution in [-0.4, -0.2) is 30.4 Å². The lowest BCUT2D eigenvalue weighted by Gasteiger charge is -2.05. The molecule has 136 valence electrons. The Morgan fingerprint density at radius 2 is 2.04 bits per heavy atom. The van der Waals surface area contributed by atoms with E-state index < -0.39 is 15.7 Å². The number of hydrogen-bond acceptors (Lipinski definition) is 4. The number of nitrogens with zero attached hydrogens (tertiary/aromatic N) is 2. The molecule has 0 saturated heterocycles. The lowest BCUT2D eigenvalue weighted by Crippen LogP contribution is -2.20. The average molecular weight is 384 g/mol. The van der Waals surface area contributed by atoms with Crippen molar-refractivity contribution in [3.63, 3.8) is 0 Å². The predicted molar refractivity (Wildman–Crippen MR) is 96.5 cm³/mol. The van der Waals surface area contributed by atoms with Gasteiger partial charge in [0, 0.05) is 23.6 Å². The number of benzene rings is 1. The Bertz CT molecular complexity index is 898. The molecule has 8 heteroatoms. The lowest BCUT2D eigenvalue weighted by molar-refractivity contribution is -0.117. The van der Waals surface area contributed by atoms with Gasteiger partial charge in [-0.3, -0.25) is 4.79 Å². The highest BCUT2D eigenvalue weighted by Gasteiger charge is 2.15.